The molecule has 3 aromatic rings. The highest BCUT2D eigenvalue weighted by molar-refractivity contribution is 6.30. The van der Waals surface area contributed by atoms with Crippen molar-refractivity contribution in [2.45, 2.75) is 6.42 Å². The molecule has 116 valence electrons. The Morgan fingerprint density at radius 1 is 1.09 bits per heavy atom. The summed E-state index contributed by atoms with van der Waals surface area (Å²) in [5.41, 5.74) is 1.39. The number of nitrogens with one attached hydrogen (secondary N) is 1. The third-order valence-electron chi connectivity index (χ3n) is 3.20. The van der Waals surface area contributed by atoms with Crippen molar-refractivity contribution in [3.63, 3.8) is 0 Å². The summed E-state index contributed by atoms with van der Waals surface area (Å²) in [7, 11) is 0. The van der Waals surface area contributed by atoms with Gasteiger partial charge in [0.15, 0.2) is 0 Å². The summed E-state index contributed by atoms with van der Waals surface area (Å²) in [5.74, 6) is 0.771. The minimum absolute atomic E-state index is 0.185. The molecule has 0 spiro atoms. The van der Waals surface area contributed by atoms with Gasteiger partial charge in [-0.05, 0) is 30.3 Å². The lowest BCUT2D eigenvalue weighted by atomic mass is 10.2. The van der Waals surface area contributed by atoms with Crippen LogP contribution in [0.25, 0.3) is 11.5 Å². The van der Waals surface area contributed by atoms with Crippen LogP contribution < -0.4 is 5.32 Å². The monoisotopic (exact) mass is 327 g/mol. The Hall–Kier alpha value is -2.66. The van der Waals surface area contributed by atoms with E-state index < -0.39 is 0 Å². The molecule has 2 aromatic carbocycles. The Labute approximate surface area is 138 Å². The normalized spacial score (nSPS) is 10.5. The number of hydrogen-bond donors (Lipinski definition) is 1. The molecule has 3 rings (SSSR count). The molecular weight excluding hydrogens is 314 g/mol. The van der Waals surface area contributed by atoms with Crippen LogP contribution in [-0.2, 0) is 6.42 Å². The number of nitrogens with zero attached hydrogens (tertiary/aromatic N) is 2. The zero-order valence-electron chi connectivity index (χ0n) is 12.2. The molecule has 1 amide bonds. The van der Waals surface area contributed by atoms with Gasteiger partial charge in [0.25, 0.3) is 5.91 Å². The van der Waals surface area contributed by atoms with Crippen molar-refractivity contribution in [3.8, 4) is 11.5 Å². The molecule has 0 aliphatic heterocycles. The van der Waals surface area contributed by atoms with Crippen LogP contribution in [0, 0.1) is 0 Å². The fourth-order valence-corrected chi connectivity index (χ4v) is 2.26. The minimum Gasteiger partial charge on any atom is -0.421 e. The second-order valence-electron chi connectivity index (χ2n) is 4.88. The Balaban J connectivity index is 1.55. The molecule has 0 bridgehead atoms. The third-order valence-corrected chi connectivity index (χ3v) is 3.43. The van der Waals surface area contributed by atoms with Crippen LogP contribution in [0.3, 0.4) is 0 Å². The average Bonchev–Trinajstić information content (AvgIpc) is 3.04. The van der Waals surface area contributed by atoms with Gasteiger partial charge in [-0.3, -0.25) is 4.79 Å². The van der Waals surface area contributed by atoms with Gasteiger partial charge < -0.3 is 9.73 Å². The maximum atomic E-state index is 12.0. The molecule has 1 aromatic heterocycles. The first-order valence-corrected chi connectivity index (χ1v) is 7.52. The van der Waals surface area contributed by atoms with Crippen LogP contribution >= 0.6 is 11.6 Å². The maximum Gasteiger partial charge on any atom is 0.251 e. The summed E-state index contributed by atoms with van der Waals surface area (Å²) in [6.45, 7) is 0.405. The summed E-state index contributed by atoms with van der Waals surface area (Å²) < 4.78 is 5.58. The highest BCUT2D eigenvalue weighted by Crippen LogP contribution is 2.17. The smallest absolute Gasteiger partial charge is 0.251 e. The van der Waals surface area contributed by atoms with Crippen molar-refractivity contribution in [2.24, 2.45) is 0 Å². The van der Waals surface area contributed by atoms with E-state index in [1.165, 1.54) is 0 Å². The van der Waals surface area contributed by atoms with Gasteiger partial charge >= 0.3 is 0 Å². The second kappa shape index (κ2) is 7.07. The number of rotatable bonds is 5. The fraction of sp³-hybridized carbons (Fsp3) is 0.118. The van der Waals surface area contributed by atoms with Crippen molar-refractivity contribution in [1.82, 2.24) is 15.5 Å². The van der Waals surface area contributed by atoms with E-state index in [0.717, 1.165) is 5.56 Å². The summed E-state index contributed by atoms with van der Waals surface area (Å²) >= 11 is 5.87. The number of aromatic nitrogens is 2. The number of carbonyl (C=O) groups is 1. The van der Waals surface area contributed by atoms with Gasteiger partial charge in [-0.1, -0.05) is 35.9 Å². The van der Waals surface area contributed by atoms with E-state index in [0.29, 0.717) is 35.3 Å². The molecule has 6 heteroatoms. The summed E-state index contributed by atoms with van der Waals surface area (Å²) in [6, 6.07) is 16.3. The van der Waals surface area contributed by atoms with E-state index in [4.69, 9.17) is 16.0 Å². The van der Waals surface area contributed by atoms with Crippen LogP contribution in [0.2, 0.25) is 5.02 Å². The van der Waals surface area contributed by atoms with Gasteiger partial charge in [-0.2, -0.15) is 0 Å². The highest BCUT2D eigenvalue weighted by Gasteiger charge is 2.09. The molecule has 0 saturated heterocycles. The largest absolute Gasteiger partial charge is 0.421 e. The molecule has 0 saturated carbocycles. The molecule has 0 radical (unpaired) electrons. The topological polar surface area (TPSA) is 68.0 Å². The molecule has 5 nitrogen and oxygen atoms in total. The minimum atomic E-state index is -0.185. The van der Waals surface area contributed by atoms with E-state index in [1.54, 1.807) is 24.3 Å². The van der Waals surface area contributed by atoms with E-state index in [2.05, 4.69) is 15.5 Å². The van der Waals surface area contributed by atoms with Gasteiger partial charge in [0, 0.05) is 29.1 Å². The second-order valence-corrected chi connectivity index (χ2v) is 5.32. The van der Waals surface area contributed by atoms with Crippen molar-refractivity contribution in [1.29, 1.82) is 0 Å². The molecule has 0 aliphatic carbocycles. The van der Waals surface area contributed by atoms with Gasteiger partial charge in [-0.25, -0.2) is 0 Å². The van der Waals surface area contributed by atoms with Crippen LogP contribution in [0.15, 0.2) is 59.0 Å². The molecule has 1 heterocycles. The predicted octanol–water partition coefficient (Wildman–Crippen LogP) is 3.36. The van der Waals surface area contributed by atoms with Gasteiger partial charge in [-0.15, -0.1) is 10.2 Å². The summed E-state index contributed by atoms with van der Waals surface area (Å²) in [6.07, 6.45) is 0.464. The van der Waals surface area contributed by atoms with Crippen molar-refractivity contribution < 1.29 is 9.21 Å². The molecule has 0 unspecified atom stereocenters. The molecule has 0 aliphatic rings. The van der Waals surface area contributed by atoms with E-state index >= 15 is 0 Å². The quantitative estimate of drug-likeness (QED) is 0.780. The first-order valence-electron chi connectivity index (χ1n) is 7.14. The highest BCUT2D eigenvalue weighted by atomic mass is 35.5. The van der Waals surface area contributed by atoms with Gasteiger partial charge in [0.05, 0.1) is 0 Å². The van der Waals surface area contributed by atoms with Crippen LogP contribution in [0.1, 0.15) is 16.2 Å². The van der Waals surface area contributed by atoms with Crippen LogP contribution in [0.4, 0.5) is 0 Å². The summed E-state index contributed by atoms with van der Waals surface area (Å²) in [4.78, 5) is 12.0. The van der Waals surface area contributed by atoms with E-state index in [9.17, 15) is 4.79 Å². The zero-order valence-corrected chi connectivity index (χ0v) is 13.0. The number of benzene rings is 2. The van der Waals surface area contributed by atoms with E-state index in [1.807, 2.05) is 30.3 Å². The molecule has 1 N–H and O–H groups in total. The average molecular weight is 328 g/mol. The fourth-order valence-electron chi connectivity index (χ4n) is 2.07. The molecule has 0 atom stereocenters. The SMILES string of the molecule is O=C(NCCc1nnc(-c2ccccc2)o1)c1cccc(Cl)c1. The van der Waals surface area contributed by atoms with E-state index in [-0.39, 0.29) is 5.91 Å². The molecule has 0 fully saturated rings. The van der Waals surface area contributed by atoms with Gasteiger partial charge in [0.1, 0.15) is 0 Å². The number of halogens is 1. The first kappa shape index (κ1) is 15.2. The third kappa shape index (κ3) is 3.96. The Bertz CT molecular complexity index is 802. The Morgan fingerprint density at radius 2 is 1.91 bits per heavy atom. The lowest BCUT2D eigenvalue weighted by molar-refractivity contribution is 0.0953. The van der Waals surface area contributed by atoms with Crippen molar-refractivity contribution >= 4 is 17.5 Å². The van der Waals surface area contributed by atoms with Crippen LogP contribution in [0.5, 0.6) is 0 Å². The number of carbonyl (C=O) groups excluding carboxylic acids is 1. The molecular formula is C17H14ClN3O2. The number of hydrogen-bond acceptors (Lipinski definition) is 4. The van der Waals surface area contributed by atoms with Gasteiger partial charge in [0.2, 0.25) is 11.8 Å². The van der Waals surface area contributed by atoms with Crippen molar-refractivity contribution in [3.05, 3.63) is 71.1 Å². The maximum absolute atomic E-state index is 12.0. The zero-order chi connectivity index (χ0) is 16.1. The number of amides is 1. The predicted molar refractivity (Wildman–Crippen MR) is 87.2 cm³/mol. The van der Waals surface area contributed by atoms with Crippen molar-refractivity contribution in [2.75, 3.05) is 6.54 Å². The summed E-state index contributed by atoms with van der Waals surface area (Å²) in [5, 5.41) is 11.3. The Morgan fingerprint density at radius 3 is 2.70 bits per heavy atom. The standard InChI is InChI=1S/C17H14ClN3O2/c18-14-8-4-7-13(11-14)16(22)19-10-9-15-20-21-17(23-15)12-5-2-1-3-6-12/h1-8,11H,9-10H2,(H,19,22). The first-order chi connectivity index (χ1) is 11.2. The lowest BCUT2D eigenvalue weighted by Crippen LogP contribution is -2.25. The van der Waals surface area contributed by atoms with Crippen LogP contribution in [-0.4, -0.2) is 22.6 Å². The lowest BCUT2D eigenvalue weighted by Gasteiger charge is -2.03. The molecule has 23 heavy (non-hydrogen) atoms. The Kier molecular flexibility index (Phi) is 4.68.